The molecule has 0 atom stereocenters. The summed E-state index contributed by atoms with van der Waals surface area (Å²) in [4.78, 5) is 0. The van der Waals surface area contributed by atoms with E-state index in [9.17, 15) is 0 Å². The molecule has 0 amide bonds. The number of nitrogens with one attached hydrogen (secondary N) is 1. The number of para-hydroxylation sites is 1. The third-order valence-corrected chi connectivity index (χ3v) is 5.47. The predicted octanol–water partition coefficient (Wildman–Crippen LogP) is 7.15. The van der Waals surface area contributed by atoms with Gasteiger partial charge >= 0.3 is 0 Å². The van der Waals surface area contributed by atoms with Crippen LogP contribution in [0.5, 0.6) is 11.5 Å². The molecule has 3 aromatic carbocycles. The van der Waals surface area contributed by atoms with Gasteiger partial charge in [0.05, 0.1) is 7.11 Å². The highest BCUT2D eigenvalue weighted by molar-refractivity contribution is 6.36. The number of benzene rings is 3. The van der Waals surface area contributed by atoms with Gasteiger partial charge in [-0.15, -0.1) is 0 Å². The van der Waals surface area contributed by atoms with Crippen LogP contribution in [0.1, 0.15) is 16.7 Å². The quantitative estimate of drug-likeness (QED) is 0.426. The molecule has 0 aliphatic carbocycles. The van der Waals surface area contributed by atoms with E-state index in [1.807, 2.05) is 43.3 Å². The number of rotatable bonds is 7. The third-order valence-electron chi connectivity index (χ3n) is 4.36. The second-order valence-electron chi connectivity index (χ2n) is 6.25. The fourth-order valence-electron chi connectivity index (χ4n) is 2.74. The van der Waals surface area contributed by atoms with E-state index in [-0.39, 0.29) is 6.61 Å². The molecule has 0 aliphatic heterocycles. The standard InChI is InChI=1S/C22H20Cl3NO2/c1-14-9-10-16(11-20(14)25)26-12-15-5-3-8-21(27-2)22(15)28-13-17-18(23)6-4-7-19(17)24/h3-11,26H,12-13H2,1-2H3. The minimum atomic E-state index is 0.238. The normalized spacial score (nSPS) is 10.6. The van der Waals surface area contributed by atoms with Crippen molar-refractivity contribution in [3.8, 4) is 11.5 Å². The molecule has 0 bridgehead atoms. The fraction of sp³-hybridized carbons (Fsp3) is 0.182. The molecule has 146 valence electrons. The van der Waals surface area contributed by atoms with E-state index in [0.29, 0.717) is 28.1 Å². The molecule has 0 saturated carbocycles. The highest BCUT2D eigenvalue weighted by Crippen LogP contribution is 2.34. The second-order valence-corrected chi connectivity index (χ2v) is 7.48. The van der Waals surface area contributed by atoms with Gasteiger partial charge in [0.15, 0.2) is 11.5 Å². The molecule has 0 fully saturated rings. The SMILES string of the molecule is COc1cccc(CNc2ccc(C)c(Cl)c2)c1OCc1c(Cl)cccc1Cl. The molecule has 28 heavy (non-hydrogen) atoms. The van der Waals surface area contributed by atoms with Crippen LogP contribution in [-0.2, 0) is 13.2 Å². The van der Waals surface area contributed by atoms with Crippen LogP contribution in [0.3, 0.4) is 0 Å². The molecular weight excluding hydrogens is 417 g/mol. The Hall–Kier alpha value is -2.07. The van der Waals surface area contributed by atoms with Gasteiger partial charge in [-0.25, -0.2) is 0 Å². The summed E-state index contributed by atoms with van der Waals surface area (Å²) in [5, 5.41) is 5.22. The average Bonchev–Trinajstić information content (AvgIpc) is 2.68. The molecule has 0 spiro atoms. The van der Waals surface area contributed by atoms with E-state index in [1.54, 1.807) is 25.3 Å². The van der Waals surface area contributed by atoms with Crippen LogP contribution in [0, 0.1) is 6.92 Å². The minimum absolute atomic E-state index is 0.238. The van der Waals surface area contributed by atoms with Gasteiger partial charge in [-0.2, -0.15) is 0 Å². The molecule has 6 heteroatoms. The molecule has 3 aromatic rings. The first-order chi connectivity index (χ1) is 13.5. The van der Waals surface area contributed by atoms with Crippen molar-refractivity contribution >= 4 is 40.5 Å². The van der Waals surface area contributed by atoms with E-state index in [0.717, 1.165) is 27.4 Å². The first kappa shape index (κ1) is 20.7. The summed E-state index contributed by atoms with van der Waals surface area (Å²) in [5.41, 5.74) is 3.65. The summed E-state index contributed by atoms with van der Waals surface area (Å²) in [6.07, 6.45) is 0. The van der Waals surface area contributed by atoms with Gasteiger partial charge in [0.25, 0.3) is 0 Å². The lowest BCUT2D eigenvalue weighted by Crippen LogP contribution is -2.06. The van der Waals surface area contributed by atoms with Crippen LogP contribution in [-0.4, -0.2) is 7.11 Å². The van der Waals surface area contributed by atoms with Gasteiger partial charge in [-0.3, -0.25) is 0 Å². The van der Waals surface area contributed by atoms with Crippen molar-refractivity contribution in [1.82, 2.24) is 0 Å². The third kappa shape index (κ3) is 4.85. The smallest absolute Gasteiger partial charge is 0.166 e. The Balaban J connectivity index is 1.81. The highest BCUT2D eigenvalue weighted by Gasteiger charge is 2.13. The van der Waals surface area contributed by atoms with Crippen molar-refractivity contribution in [2.75, 3.05) is 12.4 Å². The summed E-state index contributed by atoms with van der Waals surface area (Å²) in [7, 11) is 1.61. The summed E-state index contributed by atoms with van der Waals surface area (Å²) < 4.78 is 11.6. The van der Waals surface area contributed by atoms with Crippen molar-refractivity contribution in [3.63, 3.8) is 0 Å². The van der Waals surface area contributed by atoms with Crippen molar-refractivity contribution < 1.29 is 9.47 Å². The lowest BCUT2D eigenvalue weighted by atomic mass is 10.1. The van der Waals surface area contributed by atoms with Gasteiger partial charge < -0.3 is 14.8 Å². The molecule has 0 aromatic heterocycles. The van der Waals surface area contributed by atoms with Crippen molar-refractivity contribution in [2.24, 2.45) is 0 Å². The zero-order valence-electron chi connectivity index (χ0n) is 15.6. The van der Waals surface area contributed by atoms with Gasteiger partial charge in [0, 0.05) is 38.4 Å². The van der Waals surface area contributed by atoms with Crippen LogP contribution < -0.4 is 14.8 Å². The maximum Gasteiger partial charge on any atom is 0.166 e. The van der Waals surface area contributed by atoms with Gasteiger partial charge in [0.1, 0.15) is 6.61 Å². The number of halogens is 3. The lowest BCUT2D eigenvalue weighted by molar-refractivity contribution is 0.282. The van der Waals surface area contributed by atoms with Gasteiger partial charge in [-0.05, 0) is 42.8 Å². The summed E-state index contributed by atoms with van der Waals surface area (Å²) in [6, 6.07) is 17.0. The predicted molar refractivity (Wildman–Crippen MR) is 117 cm³/mol. The van der Waals surface area contributed by atoms with Crippen molar-refractivity contribution in [3.05, 3.63) is 86.4 Å². The monoisotopic (exact) mass is 435 g/mol. The largest absolute Gasteiger partial charge is 0.493 e. The Morgan fingerprint density at radius 3 is 2.29 bits per heavy atom. The van der Waals surface area contributed by atoms with Crippen LogP contribution >= 0.6 is 34.8 Å². The maximum atomic E-state index is 6.26. The summed E-state index contributed by atoms with van der Waals surface area (Å²) >= 11 is 18.7. The number of anilines is 1. The molecule has 3 nitrogen and oxygen atoms in total. The van der Waals surface area contributed by atoms with E-state index in [4.69, 9.17) is 44.3 Å². The Morgan fingerprint density at radius 2 is 1.61 bits per heavy atom. The first-order valence-electron chi connectivity index (χ1n) is 8.71. The molecule has 3 rings (SSSR count). The number of hydrogen-bond acceptors (Lipinski definition) is 3. The van der Waals surface area contributed by atoms with E-state index in [2.05, 4.69) is 5.32 Å². The van der Waals surface area contributed by atoms with E-state index >= 15 is 0 Å². The number of ether oxygens (including phenoxy) is 2. The topological polar surface area (TPSA) is 30.5 Å². The molecule has 1 N–H and O–H groups in total. The maximum absolute atomic E-state index is 6.26. The molecule has 0 saturated heterocycles. The Kier molecular flexibility index (Phi) is 6.95. The van der Waals surface area contributed by atoms with Crippen molar-refractivity contribution in [1.29, 1.82) is 0 Å². The number of aryl methyl sites for hydroxylation is 1. The van der Waals surface area contributed by atoms with E-state index < -0.39 is 0 Å². The molecular formula is C22H20Cl3NO2. The van der Waals surface area contributed by atoms with Crippen LogP contribution in [0.25, 0.3) is 0 Å². The first-order valence-corrected chi connectivity index (χ1v) is 9.84. The number of methoxy groups -OCH3 is 1. The van der Waals surface area contributed by atoms with Crippen molar-refractivity contribution in [2.45, 2.75) is 20.1 Å². The summed E-state index contributed by atoms with van der Waals surface area (Å²) in [6.45, 7) is 2.75. The van der Waals surface area contributed by atoms with E-state index in [1.165, 1.54) is 0 Å². The molecule has 0 aliphatic rings. The molecule has 0 unspecified atom stereocenters. The number of hydrogen-bond donors (Lipinski definition) is 1. The minimum Gasteiger partial charge on any atom is -0.493 e. The molecule has 0 radical (unpaired) electrons. The Morgan fingerprint density at radius 1 is 0.893 bits per heavy atom. The highest BCUT2D eigenvalue weighted by atomic mass is 35.5. The van der Waals surface area contributed by atoms with Crippen LogP contribution in [0.2, 0.25) is 15.1 Å². The van der Waals surface area contributed by atoms with Gasteiger partial charge in [-0.1, -0.05) is 59.1 Å². The average molecular weight is 437 g/mol. The Bertz CT molecular complexity index is 956. The molecule has 0 heterocycles. The fourth-order valence-corrected chi connectivity index (χ4v) is 3.43. The Labute approximate surface area is 180 Å². The lowest BCUT2D eigenvalue weighted by Gasteiger charge is -2.17. The summed E-state index contributed by atoms with van der Waals surface area (Å²) in [5.74, 6) is 1.29. The van der Waals surface area contributed by atoms with Gasteiger partial charge in [0.2, 0.25) is 0 Å². The zero-order chi connectivity index (χ0) is 20.1. The van der Waals surface area contributed by atoms with Crippen LogP contribution in [0.4, 0.5) is 5.69 Å². The van der Waals surface area contributed by atoms with Crippen LogP contribution in [0.15, 0.2) is 54.6 Å². The zero-order valence-corrected chi connectivity index (χ0v) is 17.8. The second kappa shape index (κ2) is 9.42.